The van der Waals surface area contributed by atoms with Gasteiger partial charge in [-0.1, -0.05) is 30.3 Å². The maximum Gasteiger partial charge on any atom is 0.258 e. The Morgan fingerprint density at radius 2 is 1.74 bits per heavy atom. The summed E-state index contributed by atoms with van der Waals surface area (Å²) in [5.41, 5.74) is 4.76. The van der Waals surface area contributed by atoms with Crippen molar-refractivity contribution in [3.05, 3.63) is 69.5 Å². The van der Waals surface area contributed by atoms with Crippen molar-refractivity contribution in [2.45, 2.75) is 26.9 Å². The van der Waals surface area contributed by atoms with Crippen molar-refractivity contribution in [2.24, 2.45) is 7.05 Å². The lowest BCUT2D eigenvalue weighted by Gasteiger charge is -2.16. The fourth-order valence-corrected chi connectivity index (χ4v) is 3.15. The number of nitrogens with zero attached hydrogens (tertiary/aromatic N) is 1. The second kappa shape index (κ2) is 5.67. The Kier molecular flexibility index (Phi) is 3.82. The molecule has 1 heterocycles. The number of rotatable bonds is 2. The number of benzene rings is 2. The largest absolute Gasteiger partial charge is 0.389 e. The number of aromatic nitrogens is 1. The molecule has 0 aliphatic heterocycles. The predicted molar refractivity (Wildman–Crippen MR) is 94.7 cm³/mol. The third kappa shape index (κ3) is 2.57. The summed E-state index contributed by atoms with van der Waals surface area (Å²) in [7, 11) is 1.80. The number of aliphatic hydroxyl groups excluding tert-OH is 1. The molecule has 1 unspecified atom stereocenters. The van der Waals surface area contributed by atoms with E-state index in [0.29, 0.717) is 5.39 Å². The molecule has 23 heavy (non-hydrogen) atoms. The van der Waals surface area contributed by atoms with Gasteiger partial charge in [0.2, 0.25) is 0 Å². The van der Waals surface area contributed by atoms with Crippen LogP contribution in [0.3, 0.4) is 0 Å². The molecule has 3 aromatic rings. The van der Waals surface area contributed by atoms with Gasteiger partial charge < -0.3 is 9.67 Å². The lowest BCUT2D eigenvalue weighted by Crippen LogP contribution is -2.19. The summed E-state index contributed by atoms with van der Waals surface area (Å²) in [4.78, 5) is 12.8. The third-order valence-electron chi connectivity index (χ3n) is 4.40. The SMILES string of the molecule is Cc1cc(C(C)O)c2cc(-c3ccccc3C)n(C)c(=O)c2c1. The van der Waals surface area contributed by atoms with E-state index in [0.717, 1.165) is 33.3 Å². The van der Waals surface area contributed by atoms with Crippen molar-refractivity contribution in [1.82, 2.24) is 4.57 Å². The highest BCUT2D eigenvalue weighted by atomic mass is 16.3. The number of pyridine rings is 1. The van der Waals surface area contributed by atoms with Gasteiger partial charge in [-0.25, -0.2) is 0 Å². The average Bonchev–Trinajstić information content (AvgIpc) is 2.51. The van der Waals surface area contributed by atoms with Gasteiger partial charge in [-0.15, -0.1) is 0 Å². The van der Waals surface area contributed by atoms with Crippen LogP contribution in [0.25, 0.3) is 22.0 Å². The van der Waals surface area contributed by atoms with Gasteiger partial charge in [0.15, 0.2) is 0 Å². The molecule has 0 aliphatic carbocycles. The summed E-state index contributed by atoms with van der Waals surface area (Å²) < 4.78 is 1.69. The molecule has 1 N–H and O–H groups in total. The standard InChI is InChI=1S/C20H21NO2/c1-12-9-16(14(3)22)17-11-19(15-8-6-5-7-13(15)2)21(4)20(23)18(17)10-12/h5-11,14,22H,1-4H3. The second-order valence-electron chi connectivity index (χ2n) is 6.20. The maximum atomic E-state index is 12.8. The molecule has 0 bridgehead atoms. The van der Waals surface area contributed by atoms with E-state index in [4.69, 9.17) is 0 Å². The quantitative estimate of drug-likeness (QED) is 0.781. The van der Waals surface area contributed by atoms with Crippen molar-refractivity contribution < 1.29 is 5.11 Å². The molecule has 118 valence electrons. The molecule has 3 rings (SSSR count). The van der Waals surface area contributed by atoms with Crippen LogP contribution in [-0.4, -0.2) is 9.67 Å². The van der Waals surface area contributed by atoms with Crippen LogP contribution in [0.15, 0.2) is 47.3 Å². The van der Waals surface area contributed by atoms with Crippen LogP contribution in [0.2, 0.25) is 0 Å². The number of aryl methyl sites for hydroxylation is 2. The molecule has 2 aromatic carbocycles. The van der Waals surface area contributed by atoms with E-state index in [1.54, 1.807) is 18.5 Å². The number of hydrogen-bond donors (Lipinski definition) is 1. The first-order valence-corrected chi connectivity index (χ1v) is 7.78. The summed E-state index contributed by atoms with van der Waals surface area (Å²) in [6.45, 7) is 5.72. The van der Waals surface area contributed by atoms with Crippen LogP contribution >= 0.6 is 0 Å². The summed E-state index contributed by atoms with van der Waals surface area (Å²) in [5, 5.41) is 11.6. The molecular formula is C20H21NO2. The number of aliphatic hydroxyl groups is 1. The molecule has 1 atom stereocenters. The van der Waals surface area contributed by atoms with E-state index in [1.165, 1.54) is 0 Å². The van der Waals surface area contributed by atoms with Gasteiger partial charge in [-0.05, 0) is 55.0 Å². The highest BCUT2D eigenvalue weighted by Crippen LogP contribution is 2.29. The van der Waals surface area contributed by atoms with Crippen LogP contribution < -0.4 is 5.56 Å². The van der Waals surface area contributed by atoms with Gasteiger partial charge in [-0.2, -0.15) is 0 Å². The topological polar surface area (TPSA) is 42.2 Å². The Hall–Kier alpha value is -2.39. The first-order chi connectivity index (χ1) is 10.9. The first-order valence-electron chi connectivity index (χ1n) is 7.78. The van der Waals surface area contributed by atoms with Gasteiger partial charge in [0.25, 0.3) is 5.56 Å². The van der Waals surface area contributed by atoms with Crippen molar-refractivity contribution in [3.63, 3.8) is 0 Å². The van der Waals surface area contributed by atoms with Crippen molar-refractivity contribution in [3.8, 4) is 11.3 Å². The van der Waals surface area contributed by atoms with Gasteiger partial charge in [0, 0.05) is 18.0 Å². The lowest BCUT2D eigenvalue weighted by atomic mass is 9.96. The fourth-order valence-electron chi connectivity index (χ4n) is 3.15. The highest BCUT2D eigenvalue weighted by Gasteiger charge is 2.15. The van der Waals surface area contributed by atoms with E-state index in [9.17, 15) is 9.90 Å². The van der Waals surface area contributed by atoms with Crippen LogP contribution in [0, 0.1) is 13.8 Å². The zero-order valence-corrected chi connectivity index (χ0v) is 13.9. The summed E-state index contributed by atoms with van der Waals surface area (Å²) in [6.07, 6.45) is -0.616. The molecule has 3 heteroatoms. The van der Waals surface area contributed by atoms with E-state index in [2.05, 4.69) is 0 Å². The van der Waals surface area contributed by atoms with Crippen molar-refractivity contribution in [1.29, 1.82) is 0 Å². The Balaban J connectivity index is 2.45. The molecule has 0 radical (unpaired) electrons. The lowest BCUT2D eigenvalue weighted by molar-refractivity contribution is 0.201. The van der Waals surface area contributed by atoms with Gasteiger partial charge in [0.05, 0.1) is 11.8 Å². The van der Waals surface area contributed by atoms with Crippen LogP contribution in [0.4, 0.5) is 0 Å². The maximum absolute atomic E-state index is 12.8. The van der Waals surface area contributed by atoms with Gasteiger partial charge >= 0.3 is 0 Å². The Morgan fingerprint density at radius 3 is 2.39 bits per heavy atom. The molecule has 0 saturated carbocycles. The second-order valence-corrected chi connectivity index (χ2v) is 6.20. The minimum absolute atomic E-state index is 0.0358. The van der Waals surface area contributed by atoms with Gasteiger partial charge in [-0.3, -0.25) is 4.79 Å². The Morgan fingerprint density at radius 1 is 1.04 bits per heavy atom. The average molecular weight is 307 g/mol. The van der Waals surface area contributed by atoms with E-state index < -0.39 is 6.10 Å². The summed E-state index contributed by atoms with van der Waals surface area (Å²) in [6, 6.07) is 13.9. The van der Waals surface area contributed by atoms with Gasteiger partial charge in [0.1, 0.15) is 0 Å². The van der Waals surface area contributed by atoms with Crippen molar-refractivity contribution in [2.75, 3.05) is 0 Å². The molecule has 1 aromatic heterocycles. The monoisotopic (exact) mass is 307 g/mol. The molecule has 3 nitrogen and oxygen atoms in total. The highest BCUT2D eigenvalue weighted by molar-refractivity contribution is 5.89. The van der Waals surface area contributed by atoms with Crippen LogP contribution in [0.5, 0.6) is 0 Å². The van der Waals surface area contributed by atoms with E-state index in [-0.39, 0.29) is 5.56 Å². The Bertz CT molecular complexity index is 952. The smallest absolute Gasteiger partial charge is 0.258 e. The number of fused-ring (bicyclic) bond motifs is 1. The molecule has 0 amide bonds. The molecule has 0 fully saturated rings. The zero-order valence-electron chi connectivity index (χ0n) is 13.9. The van der Waals surface area contributed by atoms with Crippen LogP contribution in [0.1, 0.15) is 29.7 Å². The third-order valence-corrected chi connectivity index (χ3v) is 4.40. The molecule has 0 spiro atoms. The summed E-state index contributed by atoms with van der Waals surface area (Å²) in [5.74, 6) is 0. The normalized spacial score (nSPS) is 12.6. The van der Waals surface area contributed by atoms with Crippen LogP contribution in [-0.2, 0) is 7.05 Å². The Labute approximate surface area is 135 Å². The number of hydrogen-bond acceptors (Lipinski definition) is 2. The van der Waals surface area contributed by atoms with Crippen molar-refractivity contribution >= 4 is 10.8 Å². The van der Waals surface area contributed by atoms with E-state index >= 15 is 0 Å². The fraction of sp³-hybridized carbons (Fsp3) is 0.250. The first kappa shape index (κ1) is 15.5. The summed E-state index contributed by atoms with van der Waals surface area (Å²) >= 11 is 0. The molecule has 0 aliphatic rings. The molecule has 0 saturated heterocycles. The predicted octanol–water partition coefficient (Wildman–Crippen LogP) is 3.88. The minimum Gasteiger partial charge on any atom is -0.389 e. The van der Waals surface area contributed by atoms with E-state index in [1.807, 2.05) is 56.3 Å². The minimum atomic E-state index is -0.616. The molecular weight excluding hydrogens is 286 g/mol. The zero-order chi connectivity index (χ0) is 16.7.